The van der Waals surface area contributed by atoms with Crippen molar-refractivity contribution in [3.05, 3.63) is 48.2 Å². The van der Waals surface area contributed by atoms with Crippen molar-refractivity contribution in [1.82, 2.24) is 9.97 Å². The van der Waals surface area contributed by atoms with Crippen molar-refractivity contribution >= 4 is 11.8 Å². The Morgan fingerprint density at radius 1 is 1.14 bits per heavy atom. The molecule has 4 atom stereocenters. The SMILES string of the molecule is COC(=O)c1nccnc1N1C[C@H]2C[C@@H](Oc3ccc(F)cc3)[C@H](O)C[C@H]2C1. The zero-order valence-electron chi connectivity index (χ0n) is 15.5. The second-order valence-electron chi connectivity index (χ2n) is 7.29. The Hall–Kier alpha value is -2.74. The van der Waals surface area contributed by atoms with Gasteiger partial charge in [0, 0.05) is 25.5 Å². The van der Waals surface area contributed by atoms with Crippen LogP contribution in [-0.2, 0) is 4.74 Å². The van der Waals surface area contributed by atoms with E-state index in [0.717, 1.165) is 0 Å². The van der Waals surface area contributed by atoms with E-state index in [2.05, 4.69) is 9.97 Å². The van der Waals surface area contributed by atoms with Crippen molar-refractivity contribution in [2.45, 2.75) is 25.0 Å². The number of halogens is 1. The molecule has 0 spiro atoms. The topological polar surface area (TPSA) is 84.8 Å². The van der Waals surface area contributed by atoms with Crippen LogP contribution in [0.5, 0.6) is 5.75 Å². The number of rotatable bonds is 4. The van der Waals surface area contributed by atoms with Gasteiger partial charge in [-0.2, -0.15) is 0 Å². The van der Waals surface area contributed by atoms with Crippen molar-refractivity contribution in [3.8, 4) is 5.75 Å². The molecule has 1 aromatic carbocycles. The Kier molecular flexibility index (Phi) is 5.13. The summed E-state index contributed by atoms with van der Waals surface area (Å²) in [7, 11) is 1.32. The van der Waals surface area contributed by atoms with Crippen molar-refractivity contribution in [2.75, 3.05) is 25.1 Å². The van der Waals surface area contributed by atoms with E-state index in [9.17, 15) is 14.3 Å². The number of aromatic nitrogens is 2. The number of carbonyl (C=O) groups excluding carboxylic acids is 1. The first-order valence-corrected chi connectivity index (χ1v) is 9.29. The predicted octanol–water partition coefficient (Wildman–Crippen LogP) is 2.06. The van der Waals surface area contributed by atoms with Gasteiger partial charge in [0.1, 0.15) is 17.7 Å². The van der Waals surface area contributed by atoms with Gasteiger partial charge in [-0.05, 0) is 48.9 Å². The second-order valence-corrected chi connectivity index (χ2v) is 7.29. The van der Waals surface area contributed by atoms with Crippen molar-refractivity contribution in [3.63, 3.8) is 0 Å². The molecule has 1 N–H and O–H groups in total. The Balaban J connectivity index is 1.47. The summed E-state index contributed by atoms with van der Waals surface area (Å²) in [6, 6.07) is 5.81. The van der Waals surface area contributed by atoms with Gasteiger partial charge in [-0.1, -0.05) is 0 Å². The number of benzene rings is 1. The first-order chi connectivity index (χ1) is 13.5. The van der Waals surface area contributed by atoms with E-state index in [-0.39, 0.29) is 23.5 Å². The first-order valence-electron chi connectivity index (χ1n) is 9.29. The summed E-state index contributed by atoms with van der Waals surface area (Å²) < 4.78 is 23.8. The van der Waals surface area contributed by atoms with Crippen molar-refractivity contribution in [1.29, 1.82) is 0 Å². The Morgan fingerprint density at radius 2 is 1.82 bits per heavy atom. The minimum atomic E-state index is -0.604. The fourth-order valence-electron chi connectivity index (χ4n) is 4.18. The van der Waals surface area contributed by atoms with Gasteiger partial charge in [0.2, 0.25) is 0 Å². The van der Waals surface area contributed by atoms with Gasteiger partial charge in [-0.15, -0.1) is 0 Å². The number of esters is 1. The molecule has 148 valence electrons. The molecule has 1 saturated carbocycles. The van der Waals surface area contributed by atoms with Crippen LogP contribution in [0.2, 0.25) is 0 Å². The van der Waals surface area contributed by atoms with Crippen LogP contribution in [0.4, 0.5) is 10.2 Å². The predicted molar refractivity (Wildman–Crippen MR) is 98.6 cm³/mol. The van der Waals surface area contributed by atoms with E-state index < -0.39 is 12.1 Å². The molecule has 2 aliphatic rings. The Bertz CT molecular complexity index is 848. The smallest absolute Gasteiger partial charge is 0.360 e. The van der Waals surface area contributed by atoms with Crippen LogP contribution in [-0.4, -0.2) is 53.5 Å². The summed E-state index contributed by atoms with van der Waals surface area (Å²) >= 11 is 0. The number of ether oxygens (including phenoxy) is 2. The molecule has 1 aliphatic carbocycles. The average Bonchev–Trinajstić information content (AvgIpc) is 3.12. The summed E-state index contributed by atoms with van der Waals surface area (Å²) in [6.45, 7) is 1.39. The normalized spacial score (nSPS) is 26.6. The van der Waals surface area contributed by atoms with E-state index >= 15 is 0 Å². The number of hydrogen-bond donors (Lipinski definition) is 1. The number of carbonyl (C=O) groups is 1. The van der Waals surface area contributed by atoms with Gasteiger partial charge < -0.3 is 19.5 Å². The molecule has 2 heterocycles. The lowest BCUT2D eigenvalue weighted by Gasteiger charge is -2.35. The number of aliphatic hydroxyl groups excluding tert-OH is 1. The third kappa shape index (κ3) is 3.64. The number of methoxy groups -OCH3 is 1. The highest BCUT2D eigenvalue weighted by atomic mass is 19.1. The molecule has 1 aromatic heterocycles. The number of aliphatic hydroxyl groups is 1. The summed E-state index contributed by atoms with van der Waals surface area (Å²) in [5, 5.41) is 10.5. The third-order valence-electron chi connectivity index (χ3n) is 5.54. The monoisotopic (exact) mass is 387 g/mol. The molecule has 2 fully saturated rings. The summed E-state index contributed by atoms with van der Waals surface area (Å²) in [5.74, 6) is 0.774. The molecule has 0 amide bonds. The van der Waals surface area contributed by atoms with E-state index in [1.165, 1.54) is 25.4 Å². The van der Waals surface area contributed by atoms with Gasteiger partial charge in [0.15, 0.2) is 11.5 Å². The van der Waals surface area contributed by atoms with Crippen molar-refractivity contribution < 1.29 is 23.8 Å². The second kappa shape index (κ2) is 7.71. The van der Waals surface area contributed by atoms with Crippen LogP contribution in [0, 0.1) is 17.7 Å². The van der Waals surface area contributed by atoms with E-state index in [1.807, 2.05) is 4.90 Å². The lowest BCUT2D eigenvalue weighted by atomic mass is 9.78. The van der Waals surface area contributed by atoms with Crippen LogP contribution < -0.4 is 9.64 Å². The Labute approximate surface area is 162 Å². The molecule has 8 heteroatoms. The maximum atomic E-state index is 13.1. The molecule has 28 heavy (non-hydrogen) atoms. The van der Waals surface area contributed by atoms with Gasteiger partial charge >= 0.3 is 5.97 Å². The highest BCUT2D eigenvalue weighted by molar-refractivity contribution is 5.92. The molecule has 4 rings (SSSR count). The number of anilines is 1. The van der Waals surface area contributed by atoms with Crippen LogP contribution >= 0.6 is 0 Å². The molecule has 0 unspecified atom stereocenters. The average molecular weight is 387 g/mol. The van der Waals surface area contributed by atoms with Crippen LogP contribution in [0.1, 0.15) is 23.3 Å². The maximum Gasteiger partial charge on any atom is 0.360 e. The van der Waals surface area contributed by atoms with Gasteiger partial charge in [-0.3, -0.25) is 0 Å². The molecule has 1 saturated heterocycles. The molecule has 0 radical (unpaired) electrons. The number of hydrogen-bond acceptors (Lipinski definition) is 7. The minimum absolute atomic E-state index is 0.198. The van der Waals surface area contributed by atoms with E-state index in [1.54, 1.807) is 18.3 Å². The maximum absolute atomic E-state index is 13.1. The van der Waals surface area contributed by atoms with Crippen LogP contribution in [0.25, 0.3) is 0 Å². The highest BCUT2D eigenvalue weighted by Crippen LogP contribution is 2.39. The Morgan fingerprint density at radius 3 is 2.54 bits per heavy atom. The molecule has 1 aliphatic heterocycles. The summed E-state index contributed by atoms with van der Waals surface area (Å²) in [5.41, 5.74) is 0.198. The first kappa shape index (κ1) is 18.6. The fraction of sp³-hybridized carbons (Fsp3) is 0.450. The highest BCUT2D eigenvalue weighted by Gasteiger charge is 2.43. The quantitative estimate of drug-likeness (QED) is 0.804. The lowest BCUT2D eigenvalue weighted by Crippen LogP contribution is -2.42. The minimum Gasteiger partial charge on any atom is -0.488 e. The molecular formula is C20H22FN3O4. The molecule has 7 nitrogen and oxygen atoms in total. The number of fused-ring (bicyclic) bond motifs is 1. The van der Waals surface area contributed by atoms with E-state index in [0.29, 0.717) is 43.4 Å². The van der Waals surface area contributed by atoms with Crippen LogP contribution in [0.15, 0.2) is 36.7 Å². The van der Waals surface area contributed by atoms with Crippen molar-refractivity contribution in [2.24, 2.45) is 11.8 Å². The number of nitrogens with zero attached hydrogens (tertiary/aromatic N) is 3. The largest absolute Gasteiger partial charge is 0.488 e. The standard InChI is InChI=1S/C20H22FN3O4/c1-27-20(26)18-19(23-7-6-22-18)24-10-12-8-16(25)17(9-13(12)11-24)28-15-4-2-14(21)3-5-15/h2-7,12-13,16-17,25H,8-11H2,1H3/t12-,13+,16+,17+/m0/s1. The summed E-state index contributed by atoms with van der Waals surface area (Å²) in [6.07, 6.45) is 3.34. The summed E-state index contributed by atoms with van der Waals surface area (Å²) in [4.78, 5) is 22.5. The van der Waals surface area contributed by atoms with Crippen LogP contribution in [0.3, 0.4) is 0 Å². The third-order valence-corrected chi connectivity index (χ3v) is 5.54. The zero-order chi connectivity index (χ0) is 19.7. The van der Waals surface area contributed by atoms with Gasteiger partial charge in [0.05, 0.1) is 13.2 Å². The molecule has 0 bridgehead atoms. The zero-order valence-corrected chi connectivity index (χ0v) is 15.5. The molecule has 2 aromatic rings. The van der Waals surface area contributed by atoms with Gasteiger partial charge in [0.25, 0.3) is 0 Å². The van der Waals surface area contributed by atoms with Gasteiger partial charge in [-0.25, -0.2) is 19.2 Å². The lowest BCUT2D eigenvalue weighted by molar-refractivity contribution is -0.0231. The fourth-order valence-corrected chi connectivity index (χ4v) is 4.18. The molecular weight excluding hydrogens is 365 g/mol. The van der Waals surface area contributed by atoms with E-state index in [4.69, 9.17) is 9.47 Å².